The molecule has 9 aromatic rings. The molecule has 0 aliphatic carbocycles. The summed E-state index contributed by atoms with van der Waals surface area (Å²) in [5, 5.41) is 4.25. The van der Waals surface area contributed by atoms with Crippen LogP contribution in [0.3, 0.4) is 0 Å². The molecule has 0 aliphatic heterocycles. The molecular formula is C44H40N4S7. The average Bonchev–Trinajstić information content (AvgIpc) is 4.06. The number of thiophene rings is 6. The highest BCUT2D eigenvalue weighted by molar-refractivity contribution is 7.25. The van der Waals surface area contributed by atoms with E-state index >= 15 is 0 Å². The van der Waals surface area contributed by atoms with Crippen LogP contribution in [0.5, 0.6) is 0 Å². The van der Waals surface area contributed by atoms with Crippen LogP contribution in [0.1, 0.15) is 75.0 Å². The Bertz CT molecular complexity index is 2470. The van der Waals surface area contributed by atoms with Crippen molar-refractivity contribution in [1.82, 2.24) is 18.7 Å². The molecule has 9 rings (SSSR count). The zero-order valence-corrected chi connectivity index (χ0v) is 36.5. The van der Waals surface area contributed by atoms with E-state index in [0.717, 1.165) is 76.9 Å². The zero-order chi connectivity index (χ0) is 37.1. The Morgan fingerprint density at radius 2 is 0.855 bits per heavy atom. The third-order valence-electron chi connectivity index (χ3n) is 9.91. The first-order valence-corrected chi connectivity index (χ1v) is 24.9. The maximum atomic E-state index is 5.69. The molecule has 8 aromatic heterocycles. The highest BCUT2D eigenvalue weighted by atomic mass is 32.1. The van der Waals surface area contributed by atoms with Gasteiger partial charge in [0.2, 0.25) is 0 Å². The first-order chi connectivity index (χ1) is 27.2. The summed E-state index contributed by atoms with van der Waals surface area (Å²) in [6.07, 6.45) is 12.6. The molecule has 0 amide bonds. The molecule has 1 aromatic carbocycles. The van der Waals surface area contributed by atoms with Crippen LogP contribution in [0.15, 0.2) is 83.6 Å². The van der Waals surface area contributed by atoms with Gasteiger partial charge in [-0.3, -0.25) is 0 Å². The molecule has 0 fully saturated rings. The summed E-state index contributed by atoms with van der Waals surface area (Å²) in [5.41, 5.74) is 7.45. The van der Waals surface area contributed by atoms with Crippen molar-refractivity contribution in [2.75, 3.05) is 0 Å². The van der Waals surface area contributed by atoms with Gasteiger partial charge in [-0.1, -0.05) is 64.5 Å². The fraction of sp³-hybridized carbons (Fsp3) is 0.273. The molecule has 0 unspecified atom stereocenters. The number of aromatic nitrogens is 4. The highest BCUT2D eigenvalue weighted by Crippen LogP contribution is 2.48. The Labute approximate surface area is 350 Å². The van der Waals surface area contributed by atoms with E-state index in [1.165, 1.54) is 92.4 Å². The first kappa shape index (κ1) is 37.2. The summed E-state index contributed by atoms with van der Waals surface area (Å²) in [4.78, 5) is 24.1. The van der Waals surface area contributed by atoms with Crippen LogP contribution in [-0.2, 0) is 12.8 Å². The number of benzene rings is 1. The molecule has 0 saturated carbocycles. The maximum absolute atomic E-state index is 5.69. The second-order valence-corrected chi connectivity index (χ2v) is 20.7. The highest BCUT2D eigenvalue weighted by Gasteiger charge is 2.27. The smallest absolute Gasteiger partial charge is 0.116 e. The number of unbranched alkanes of at least 4 members (excludes halogenated alkanes) is 6. The average molecular weight is 849 g/mol. The van der Waals surface area contributed by atoms with Gasteiger partial charge in [0.15, 0.2) is 0 Å². The Balaban J connectivity index is 1.19. The van der Waals surface area contributed by atoms with E-state index in [0.29, 0.717) is 0 Å². The van der Waals surface area contributed by atoms with Gasteiger partial charge in [-0.2, -0.15) is 8.75 Å². The molecule has 278 valence electrons. The zero-order valence-electron chi connectivity index (χ0n) is 30.8. The Hall–Kier alpha value is -3.42. The molecule has 0 N–H and O–H groups in total. The van der Waals surface area contributed by atoms with Crippen molar-refractivity contribution < 1.29 is 0 Å². The van der Waals surface area contributed by atoms with Gasteiger partial charge in [-0.15, -0.1) is 68.0 Å². The van der Waals surface area contributed by atoms with Crippen molar-refractivity contribution in [1.29, 1.82) is 0 Å². The third kappa shape index (κ3) is 7.69. The third-order valence-corrected chi connectivity index (χ3v) is 17.1. The van der Waals surface area contributed by atoms with Crippen LogP contribution in [-0.4, -0.2) is 18.7 Å². The molecule has 0 spiro atoms. The van der Waals surface area contributed by atoms with Crippen LogP contribution in [0, 0.1) is 0 Å². The minimum atomic E-state index is 0.882. The largest absolute Gasteiger partial charge is 0.242 e. The van der Waals surface area contributed by atoms with Crippen molar-refractivity contribution >= 4 is 102 Å². The number of nitrogens with zero attached hydrogens (tertiary/aromatic N) is 4. The molecule has 4 nitrogen and oxygen atoms in total. The second-order valence-electron chi connectivity index (χ2n) is 13.8. The van der Waals surface area contributed by atoms with Gasteiger partial charge < -0.3 is 0 Å². The van der Waals surface area contributed by atoms with Gasteiger partial charge >= 0.3 is 0 Å². The molecule has 0 atom stereocenters. The van der Waals surface area contributed by atoms with Crippen molar-refractivity contribution in [3.8, 4) is 61.5 Å². The van der Waals surface area contributed by atoms with E-state index in [-0.39, 0.29) is 0 Å². The molecule has 8 heterocycles. The number of rotatable bonds is 16. The lowest BCUT2D eigenvalue weighted by Crippen LogP contribution is -1.98. The van der Waals surface area contributed by atoms with Gasteiger partial charge in [-0.05, 0) is 97.1 Å². The fourth-order valence-electron chi connectivity index (χ4n) is 7.11. The van der Waals surface area contributed by atoms with E-state index in [1.54, 1.807) is 22.7 Å². The standard InChI is InChI=1S/C44H40N4S7/c1-3-5-7-9-13-27-17-19-29(51-27)31-21-23-35(53-31)39-40(36-24-22-32(54-36)30-20-18-28(52-30)14-10-8-6-4-2)46-42-38(34-16-12-26-50-34)44-43(47-55-48-44)37(41(42)45-39)33-15-11-25-49-33/h11-12,15-26H,3-10,13-14H2,1-2H3. The summed E-state index contributed by atoms with van der Waals surface area (Å²) >= 11 is 12.2. The summed E-state index contributed by atoms with van der Waals surface area (Å²) in [7, 11) is 0. The van der Waals surface area contributed by atoms with Crippen molar-refractivity contribution in [3.05, 3.63) is 93.3 Å². The van der Waals surface area contributed by atoms with E-state index < -0.39 is 0 Å². The molecule has 0 saturated heterocycles. The summed E-state index contributed by atoms with van der Waals surface area (Å²) < 4.78 is 9.81. The first-order valence-electron chi connectivity index (χ1n) is 19.1. The second kappa shape index (κ2) is 17.0. The Morgan fingerprint density at radius 1 is 0.418 bits per heavy atom. The van der Waals surface area contributed by atoms with E-state index in [9.17, 15) is 0 Å². The van der Waals surface area contributed by atoms with Crippen molar-refractivity contribution in [2.24, 2.45) is 0 Å². The van der Waals surface area contributed by atoms with Crippen LogP contribution >= 0.6 is 79.7 Å². The molecule has 11 heteroatoms. The normalized spacial score (nSPS) is 11.8. The molecule has 0 radical (unpaired) electrons. The van der Waals surface area contributed by atoms with E-state index in [1.807, 2.05) is 45.3 Å². The molecule has 0 bridgehead atoms. The summed E-state index contributed by atoms with van der Waals surface area (Å²) in [6.45, 7) is 4.55. The predicted octanol–water partition coefficient (Wildman–Crippen LogP) is 16.3. The van der Waals surface area contributed by atoms with Crippen LogP contribution < -0.4 is 0 Å². The molecule has 0 aliphatic rings. The molecule has 55 heavy (non-hydrogen) atoms. The fourth-order valence-corrected chi connectivity index (χ4v) is 13.5. The van der Waals surface area contributed by atoms with Gasteiger partial charge in [0.05, 0.1) is 21.5 Å². The van der Waals surface area contributed by atoms with Crippen molar-refractivity contribution in [2.45, 2.75) is 78.1 Å². The predicted molar refractivity (Wildman–Crippen MR) is 246 cm³/mol. The topological polar surface area (TPSA) is 51.6 Å². The van der Waals surface area contributed by atoms with E-state index in [2.05, 4.69) is 97.4 Å². The summed E-state index contributed by atoms with van der Waals surface area (Å²) in [5.74, 6) is 0. The monoisotopic (exact) mass is 848 g/mol. The number of hydrogen-bond acceptors (Lipinski definition) is 11. The lowest BCUT2D eigenvalue weighted by atomic mass is 10.0. The van der Waals surface area contributed by atoms with Crippen LogP contribution in [0.2, 0.25) is 0 Å². The van der Waals surface area contributed by atoms with Gasteiger partial charge in [0.25, 0.3) is 0 Å². The Morgan fingerprint density at radius 3 is 1.29 bits per heavy atom. The Kier molecular flexibility index (Phi) is 11.5. The van der Waals surface area contributed by atoms with Crippen LogP contribution in [0.4, 0.5) is 0 Å². The molecular weight excluding hydrogens is 809 g/mol. The number of fused-ring (bicyclic) bond motifs is 2. The van der Waals surface area contributed by atoms with Gasteiger partial charge in [0, 0.05) is 50.1 Å². The van der Waals surface area contributed by atoms with Gasteiger partial charge in [0.1, 0.15) is 33.5 Å². The maximum Gasteiger partial charge on any atom is 0.116 e. The summed E-state index contributed by atoms with van der Waals surface area (Å²) in [6, 6.07) is 26.9. The quantitative estimate of drug-likeness (QED) is 0.0909. The SMILES string of the molecule is CCCCCCc1ccc(-c2ccc(-c3nc4c(-c5cccs5)c5nsnc5c(-c5cccs5)c4nc3-c3ccc(-c4ccc(CCCCCC)s4)s3)s2)s1. The minimum absolute atomic E-state index is 0.882. The number of aryl methyl sites for hydroxylation is 2. The van der Waals surface area contributed by atoms with Crippen LogP contribution in [0.25, 0.3) is 83.6 Å². The lowest BCUT2D eigenvalue weighted by molar-refractivity contribution is 0.670. The van der Waals surface area contributed by atoms with Crippen molar-refractivity contribution in [3.63, 3.8) is 0 Å². The number of hydrogen-bond donors (Lipinski definition) is 0. The van der Waals surface area contributed by atoms with Gasteiger partial charge in [-0.25, -0.2) is 9.97 Å². The van der Waals surface area contributed by atoms with E-state index in [4.69, 9.17) is 18.7 Å². The lowest BCUT2D eigenvalue weighted by Gasteiger charge is -2.14. The minimum Gasteiger partial charge on any atom is -0.242 e.